The van der Waals surface area contributed by atoms with Crippen LogP contribution in [0.2, 0.25) is 0 Å². The van der Waals surface area contributed by atoms with Crippen LogP contribution in [0.4, 0.5) is 4.39 Å². The predicted octanol–water partition coefficient (Wildman–Crippen LogP) is 3.50. The molecule has 2 rings (SSSR count). The summed E-state index contributed by atoms with van der Waals surface area (Å²) in [4.78, 5) is 12.4. The van der Waals surface area contributed by atoms with Crippen molar-refractivity contribution in [3.8, 4) is 5.75 Å². The third-order valence-corrected chi connectivity index (χ3v) is 6.55. The fraction of sp³-hybridized carbons (Fsp3) is 0.381. The maximum absolute atomic E-state index is 14.0. The Morgan fingerprint density at radius 3 is 2.43 bits per heavy atom. The monoisotopic (exact) mass is 454 g/mol. The van der Waals surface area contributed by atoms with Crippen LogP contribution < -0.4 is 14.8 Å². The van der Waals surface area contributed by atoms with Gasteiger partial charge in [-0.15, -0.1) is 0 Å². The van der Waals surface area contributed by atoms with Crippen LogP contribution in [0.15, 0.2) is 53.4 Å². The van der Waals surface area contributed by atoms with Crippen LogP contribution in [0.25, 0.3) is 0 Å². The Hall–Kier alpha value is -2.10. The second-order valence-electron chi connectivity index (χ2n) is 6.62. The first-order valence-electron chi connectivity index (χ1n) is 9.57. The number of benzene rings is 2. The van der Waals surface area contributed by atoms with Gasteiger partial charge in [0.2, 0.25) is 15.9 Å². The smallest absolute Gasteiger partial charge is 0.244 e. The molecule has 9 heteroatoms. The Balaban J connectivity index is 2.13. The van der Waals surface area contributed by atoms with Crippen molar-refractivity contribution in [3.63, 3.8) is 0 Å². The molecule has 2 atom stereocenters. The Morgan fingerprint density at radius 2 is 1.83 bits per heavy atom. The molecule has 0 saturated heterocycles. The summed E-state index contributed by atoms with van der Waals surface area (Å²) in [6, 6.07) is 11.0. The highest BCUT2D eigenvalue weighted by molar-refractivity contribution is 7.98. The minimum absolute atomic E-state index is 0.274. The first-order chi connectivity index (χ1) is 14.3. The van der Waals surface area contributed by atoms with E-state index in [4.69, 9.17) is 4.74 Å². The van der Waals surface area contributed by atoms with Gasteiger partial charge in [0.25, 0.3) is 0 Å². The molecule has 0 aromatic heterocycles. The molecule has 1 amide bonds. The highest BCUT2D eigenvalue weighted by Gasteiger charge is 2.28. The van der Waals surface area contributed by atoms with Crippen molar-refractivity contribution < 1.29 is 22.3 Å². The topological polar surface area (TPSA) is 84.5 Å². The first-order valence-corrected chi connectivity index (χ1v) is 12.4. The van der Waals surface area contributed by atoms with E-state index in [0.29, 0.717) is 12.4 Å². The zero-order chi connectivity index (χ0) is 22.1. The van der Waals surface area contributed by atoms with Gasteiger partial charge in [-0.25, -0.2) is 12.8 Å². The van der Waals surface area contributed by atoms with E-state index >= 15 is 0 Å². The molecule has 0 aliphatic heterocycles. The van der Waals surface area contributed by atoms with Crippen LogP contribution in [0, 0.1) is 5.82 Å². The molecule has 0 saturated carbocycles. The highest BCUT2D eigenvalue weighted by atomic mass is 32.2. The number of rotatable bonds is 11. The van der Waals surface area contributed by atoms with E-state index in [9.17, 15) is 17.6 Å². The second-order valence-corrected chi connectivity index (χ2v) is 9.29. The van der Waals surface area contributed by atoms with Gasteiger partial charge in [0, 0.05) is 0 Å². The van der Waals surface area contributed by atoms with E-state index in [1.54, 1.807) is 0 Å². The van der Waals surface area contributed by atoms with Gasteiger partial charge in [0.05, 0.1) is 12.6 Å². The summed E-state index contributed by atoms with van der Waals surface area (Å²) in [7, 11) is -4.19. The van der Waals surface area contributed by atoms with Crippen molar-refractivity contribution in [2.24, 2.45) is 0 Å². The van der Waals surface area contributed by atoms with E-state index in [0.717, 1.165) is 17.4 Å². The number of ether oxygens (including phenoxy) is 1. The quantitative estimate of drug-likeness (QED) is 0.543. The van der Waals surface area contributed by atoms with E-state index in [-0.39, 0.29) is 12.5 Å². The third-order valence-electron chi connectivity index (χ3n) is 4.40. The SMILES string of the molecule is CCOc1ccc(C(C)NC(=O)C(CCSC)NS(=O)(=O)c2ccccc2F)cc1. The molecule has 0 heterocycles. The number of hydrogen-bond donors (Lipinski definition) is 2. The van der Waals surface area contributed by atoms with E-state index in [1.807, 2.05) is 44.4 Å². The van der Waals surface area contributed by atoms with E-state index < -0.39 is 32.7 Å². The molecule has 6 nitrogen and oxygen atoms in total. The molecule has 2 N–H and O–H groups in total. The van der Waals surface area contributed by atoms with Gasteiger partial charge in [0.1, 0.15) is 22.5 Å². The zero-order valence-electron chi connectivity index (χ0n) is 17.2. The Kier molecular flexibility index (Phi) is 9.13. The summed E-state index contributed by atoms with van der Waals surface area (Å²) < 4.78 is 47.0. The fourth-order valence-corrected chi connectivity index (χ4v) is 4.59. The number of amides is 1. The highest BCUT2D eigenvalue weighted by Crippen LogP contribution is 2.19. The molecule has 164 valence electrons. The lowest BCUT2D eigenvalue weighted by atomic mass is 10.1. The lowest BCUT2D eigenvalue weighted by Gasteiger charge is -2.22. The summed E-state index contributed by atoms with van der Waals surface area (Å²) in [6.07, 6.45) is 2.14. The fourth-order valence-electron chi connectivity index (χ4n) is 2.81. The minimum Gasteiger partial charge on any atom is -0.494 e. The maximum atomic E-state index is 14.0. The van der Waals surface area contributed by atoms with Gasteiger partial charge in [-0.1, -0.05) is 24.3 Å². The van der Waals surface area contributed by atoms with E-state index in [2.05, 4.69) is 10.0 Å². The van der Waals surface area contributed by atoms with Crippen molar-refractivity contribution in [3.05, 3.63) is 59.9 Å². The van der Waals surface area contributed by atoms with Gasteiger partial charge in [0.15, 0.2) is 0 Å². The molecule has 0 bridgehead atoms. The Morgan fingerprint density at radius 1 is 1.17 bits per heavy atom. The van der Waals surface area contributed by atoms with Crippen molar-refractivity contribution >= 4 is 27.7 Å². The van der Waals surface area contributed by atoms with Crippen LogP contribution in [-0.4, -0.2) is 39.0 Å². The molecule has 2 aromatic rings. The molecule has 0 aliphatic carbocycles. The summed E-state index contributed by atoms with van der Waals surface area (Å²) >= 11 is 1.49. The van der Waals surface area contributed by atoms with Crippen LogP contribution >= 0.6 is 11.8 Å². The number of hydrogen-bond acceptors (Lipinski definition) is 5. The molecule has 0 spiro atoms. The lowest BCUT2D eigenvalue weighted by Crippen LogP contribution is -2.47. The molecule has 30 heavy (non-hydrogen) atoms. The van der Waals surface area contributed by atoms with Gasteiger partial charge < -0.3 is 10.1 Å². The molecule has 2 unspecified atom stereocenters. The second kappa shape index (κ2) is 11.3. The zero-order valence-corrected chi connectivity index (χ0v) is 18.9. The van der Waals surface area contributed by atoms with E-state index in [1.165, 1.54) is 30.0 Å². The summed E-state index contributed by atoms with van der Waals surface area (Å²) in [5.74, 6) is -0.0348. The molecular weight excluding hydrogens is 427 g/mol. The van der Waals surface area contributed by atoms with Gasteiger partial charge in [-0.2, -0.15) is 16.5 Å². The molecule has 2 aromatic carbocycles. The lowest BCUT2D eigenvalue weighted by molar-refractivity contribution is -0.123. The normalized spacial score (nSPS) is 13.5. The summed E-state index contributed by atoms with van der Waals surface area (Å²) in [6.45, 7) is 4.27. The molecular formula is C21H27FN2O4S2. The minimum atomic E-state index is -4.19. The largest absolute Gasteiger partial charge is 0.494 e. The summed E-state index contributed by atoms with van der Waals surface area (Å²) in [5, 5.41) is 2.84. The Labute approximate surface area is 181 Å². The number of sulfonamides is 1. The predicted molar refractivity (Wildman–Crippen MR) is 118 cm³/mol. The van der Waals surface area contributed by atoms with Gasteiger partial charge in [-0.05, 0) is 62.1 Å². The number of carbonyl (C=O) groups is 1. The van der Waals surface area contributed by atoms with Crippen molar-refractivity contribution in [2.75, 3.05) is 18.6 Å². The van der Waals surface area contributed by atoms with Crippen LogP contribution in [-0.2, 0) is 14.8 Å². The average Bonchev–Trinajstić information content (AvgIpc) is 2.72. The first kappa shape index (κ1) is 24.2. The third kappa shape index (κ3) is 6.72. The molecule has 0 aliphatic rings. The standard InChI is InChI=1S/C21H27FN2O4S2/c1-4-28-17-11-9-16(10-12-17)15(2)23-21(25)19(13-14-29-3)24-30(26,27)20-8-6-5-7-18(20)22/h5-12,15,19,24H,4,13-14H2,1-3H3,(H,23,25). The number of nitrogens with one attached hydrogen (secondary N) is 2. The molecule has 0 radical (unpaired) electrons. The van der Waals surface area contributed by atoms with Crippen LogP contribution in [0.1, 0.15) is 31.9 Å². The molecule has 0 fully saturated rings. The number of thioether (sulfide) groups is 1. The summed E-state index contributed by atoms with van der Waals surface area (Å²) in [5.41, 5.74) is 0.854. The maximum Gasteiger partial charge on any atom is 0.244 e. The Bertz CT molecular complexity index is 936. The van der Waals surface area contributed by atoms with Gasteiger partial charge in [-0.3, -0.25) is 4.79 Å². The van der Waals surface area contributed by atoms with Crippen LogP contribution in [0.5, 0.6) is 5.75 Å². The van der Waals surface area contributed by atoms with Crippen molar-refractivity contribution in [1.82, 2.24) is 10.0 Å². The average molecular weight is 455 g/mol. The van der Waals surface area contributed by atoms with Crippen molar-refractivity contribution in [1.29, 1.82) is 0 Å². The van der Waals surface area contributed by atoms with Crippen molar-refractivity contribution in [2.45, 2.75) is 37.2 Å². The van der Waals surface area contributed by atoms with Gasteiger partial charge >= 0.3 is 0 Å². The number of halogens is 1. The number of carbonyl (C=O) groups excluding carboxylic acids is 1. The van der Waals surface area contributed by atoms with Crippen LogP contribution in [0.3, 0.4) is 0 Å².